The maximum Gasteiger partial charge on any atom is 0.224 e. The van der Waals surface area contributed by atoms with Gasteiger partial charge in [0.2, 0.25) is 5.52 Å². The molecule has 44 heavy (non-hydrogen) atoms. The first kappa shape index (κ1) is 28.5. The highest BCUT2D eigenvalue weighted by Crippen LogP contribution is 2.46. The third kappa shape index (κ3) is 4.35. The number of alkyl halides is 1. The molecule has 3 heterocycles. The molecule has 1 saturated carbocycles. The van der Waals surface area contributed by atoms with Gasteiger partial charge in [0.05, 0.1) is 27.3 Å². The van der Waals surface area contributed by atoms with Gasteiger partial charge >= 0.3 is 0 Å². The predicted molar refractivity (Wildman–Crippen MR) is 198 cm³/mol. The molecule has 0 atom stereocenters. The van der Waals surface area contributed by atoms with Gasteiger partial charge in [-0.15, -0.1) is 0 Å². The van der Waals surface area contributed by atoms with Crippen molar-refractivity contribution >= 4 is 82.4 Å². The minimum Gasteiger partial charge on any atom is -0.307 e. The van der Waals surface area contributed by atoms with Crippen molar-refractivity contribution in [3.05, 3.63) is 83.0 Å². The molecule has 224 valence electrons. The van der Waals surface area contributed by atoms with Crippen molar-refractivity contribution in [1.29, 1.82) is 0 Å². The van der Waals surface area contributed by atoms with E-state index in [1.165, 1.54) is 108 Å². The molecule has 1 aliphatic rings. The zero-order valence-corrected chi connectivity index (χ0v) is 29.5. The molecule has 8 rings (SSSR count). The normalized spacial score (nSPS) is 15.5. The average molecular weight is 692 g/mol. The molecule has 1 fully saturated rings. The van der Waals surface area contributed by atoms with Crippen molar-refractivity contribution < 1.29 is 4.57 Å². The number of hydrogen-bond acceptors (Lipinski definition) is 0. The van der Waals surface area contributed by atoms with E-state index in [9.17, 15) is 0 Å². The minimum atomic E-state index is 0.111. The Bertz CT molecular complexity index is 2270. The monoisotopic (exact) mass is 691 g/mol. The van der Waals surface area contributed by atoms with Crippen molar-refractivity contribution in [3.63, 3.8) is 0 Å². The fourth-order valence-electron chi connectivity index (χ4n) is 8.63. The highest BCUT2D eigenvalue weighted by Gasteiger charge is 2.29. The summed E-state index contributed by atoms with van der Waals surface area (Å²) in [5, 5.41) is 9.72. The van der Waals surface area contributed by atoms with Gasteiger partial charge in [-0.25, -0.2) is 4.57 Å². The molecule has 0 bridgehead atoms. The first-order valence-electron chi connectivity index (χ1n) is 16.6. The van der Waals surface area contributed by atoms with Crippen LogP contribution in [0.25, 0.3) is 59.8 Å². The molecule has 0 saturated heterocycles. The summed E-state index contributed by atoms with van der Waals surface area (Å²) >= 11 is 2.67. The van der Waals surface area contributed by atoms with Crippen LogP contribution >= 0.6 is 22.6 Å². The molecule has 0 radical (unpaired) electrons. The van der Waals surface area contributed by atoms with Crippen LogP contribution in [0.2, 0.25) is 0 Å². The molecule has 0 spiro atoms. The summed E-state index contributed by atoms with van der Waals surface area (Å²) < 4.78 is 5.21. The Kier molecular flexibility index (Phi) is 6.35. The van der Waals surface area contributed by atoms with Crippen LogP contribution in [0.15, 0.2) is 60.8 Å². The van der Waals surface area contributed by atoms with Crippen LogP contribution in [-0.4, -0.2) is 7.82 Å². The molecular formula is C41H44IN2+. The first-order valence-corrected chi connectivity index (χ1v) is 17.6. The van der Waals surface area contributed by atoms with Crippen LogP contribution < -0.4 is 4.57 Å². The van der Waals surface area contributed by atoms with E-state index in [0.717, 1.165) is 12.8 Å². The van der Waals surface area contributed by atoms with E-state index in [1.54, 1.807) is 0 Å². The molecule has 7 aromatic rings. The molecule has 0 aliphatic heterocycles. The standard InChI is InChI=1S/C41H44IN2/c1-24-32-20-25(22-40(2,3)4)12-15-29(32)33(23-41(5,6)42)38-35(24)39-36-27(18-19-43(39)7)13-17-31-30-16-14-28(26-10-8-9-11-26)21-34(30)44(38)37(31)36/h12-21,26H,8-11,22-23H2,1-7H3/q+1. The Morgan fingerprint density at radius 3 is 2.25 bits per heavy atom. The largest absolute Gasteiger partial charge is 0.307 e. The van der Waals surface area contributed by atoms with Crippen molar-refractivity contribution in [3.8, 4) is 0 Å². The van der Waals surface area contributed by atoms with Gasteiger partial charge < -0.3 is 4.40 Å². The Morgan fingerprint density at radius 2 is 1.52 bits per heavy atom. The number of aryl methyl sites for hydroxylation is 2. The third-order valence-electron chi connectivity index (χ3n) is 10.4. The maximum absolute atomic E-state index is 2.71. The number of benzene rings is 4. The van der Waals surface area contributed by atoms with Gasteiger partial charge in [0.15, 0.2) is 6.20 Å². The number of pyridine rings is 2. The molecule has 3 heteroatoms. The number of hydrogen-bond donors (Lipinski definition) is 0. The van der Waals surface area contributed by atoms with E-state index in [0.29, 0.717) is 5.92 Å². The summed E-state index contributed by atoms with van der Waals surface area (Å²) in [6, 6.07) is 21.9. The average Bonchev–Trinajstić information content (AvgIpc) is 3.61. The minimum absolute atomic E-state index is 0.111. The van der Waals surface area contributed by atoms with E-state index < -0.39 is 0 Å². The van der Waals surface area contributed by atoms with Crippen LogP contribution in [0.5, 0.6) is 0 Å². The van der Waals surface area contributed by atoms with Gasteiger partial charge in [-0.05, 0) is 88.4 Å². The number of aromatic nitrogens is 2. The maximum atomic E-state index is 2.71. The van der Waals surface area contributed by atoms with Gasteiger partial charge in [0, 0.05) is 20.3 Å². The second kappa shape index (κ2) is 9.79. The zero-order chi connectivity index (χ0) is 30.7. The van der Waals surface area contributed by atoms with E-state index in [1.807, 2.05) is 0 Å². The fourth-order valence-corrected chi connectivity index (χ4v) is 9.01. The molecule has 0 amide bonds. The topological polar surface area (TPSA) is 8.29 Å². The highest BCUT2D eigenvalue weighted by molar-refractivity contribution is 14.1. The molecule has 0 unspecified atom stereocenters. The SMILES string of the molecule is Cc1c2cc(CC(C)(C)C)ccc2c(CC(C)(C)I)c2c1c1c3c(ccc4c5ccc(C6CCCC6)cc5n2c43)cc[n+]1C. The van der Waals surface area contributed by atoms with Crippen molar-refractivity contribution in [2.45, 2.75) is 89.4 Å². The second-order valence-electron chi connectivity index (χ2n) is 15.6. The summed E-state index contributed by atoms with van der Waals surface area (Å²) in [4.78, 5) is 0. The van der Waals surface area contributed by atoms with Crippen LogP contribution in [0.1, 0.15) is 88.5 Å². The number of rotatable bonds is 4. The molecule has 3 aromatic heterocycles. The van der Waals surface area contributed by atoms with Crippen molar-refractivity contribution in [2.75, 3.05) is 0 Å². The lowest BCUT2D eigenvalue weighted by atomic mass is 9.84. The summed E-state index contributed by atoms with van der Waals surface area (Å²) in [5.74, 6) is 0.686. The summed E-state index contributed by atoms with van der Waals surface area (Å²) in [7, 11) is 2.25. The van der Waals surface area contributed by atoms with Gasteiger partial charge in [-0.1, -0.05) is 113 Å². The summed E-state index contributed by atoms with van der Waals surface area (Å²) in [5.41, 5.74) is 11.6. The Balaban J connectivity index is 1.64. The van der Waals surface area contributed by atoms with Crippen LogP contribution in [-0.2, 0) is 19.9 Å². The summed E-state index contributed by atoms with van der Waals surface area (Å²) in [6.45, 7) is 14.2. The molecule has 1 aliphatic carbocycles. The number of fused-ring (bicyclic) bond motifs is 7. The van der Waals surface area contributed by atoms with Crippen LogP contribution in [0.3, 0.4) is 0 Å². The highest BCUT2D eigenvalue weighted by atomic mass is 127. The number of halogens is 1. The molecule has 2 nitrogen and oxygen atoms in total. The molecule has 4 aromatic carbocycles. The van der Waals surface area contributed by atoms with Crippen LogP contribution in [0, 0.1) is 12.3 Å². The number of nitrogens with zero attached hydrogens (tertiary/aromatic N) is 2. The van der Waals surface area contributed by atoms with Gasteiger partial charge in [0.25, 0.3) is 0 Å². The van der Waals surface area contributed by atoms with E-state index >= 15 is 0 Å². The smallest absolute Gasteiger partial charge is 0.224 e. The Labute approximate surface area is 274 Å². The lowest BCUT2D eigenvalue weighted by Crippen LogP contribution is -2.29. The third-order valence-corrected chi connectivity index (χ3v) is 10.8. The van der Waals surface area contributed by atoms with Crippen LogP contribution in [0.4, 0.5) is 0 Å². The fraction of sp³-hybridized carbons (Fsp3) is 0.390. The molecular weight excluding hydrogens is 647 g/mol. The summed E-state index contributed by atoms with van der Waals surface area (Å²) in [6.07, 6.45) is 9.71. The van der Waals surface area contributed by atoms with Gasteiger partial charge in [-0.3, -0.25) is 0 Å². The van der Waals surface area contributed by atoms with Crippen molar-refractivity contribution in [1.82, 2.24) is 4.40 Å². The second-order valence-corrected chi connectivity index (χ2v) is 18.6. The predicted octanol–water partition coefficient (Wildman–Crippen LogP) is 11.3. The lowest BCUT2D eigenvalue weighted by Gasteiger charge is -2.24. The lowest BCUT2D eigenvalue weighted by molar-refractivity contribution is -0.643. The van der Waals surface area contributed by atoms with E-state index in [-0.39, 0.29) is 8.84 Å². The van der Waals surface area contributed by atoms with Gasteiger partial charge in [0.1, 0.15) is 7.05 Å². The quantitative estimate of drug-likeness (QED) is 0.0571. The van der Waals surface area contributed by atoms with E-state index in [4.69, 9.17) is 0 Å². The Morgan fingerprint density at radius 1 is 0.795 bits per heavy atom. The van der Waals surface area contributed by atoms with Gasteiger partial charge in [-0.2, -0.15) is 0 Å². The first-order chi connectivity index (χ1) is 20.9. The van der Waals surface area contributed by atoms with E-state index in [2.05, 4.69) is 141 Å². The Hall–Kier alpha value is -2.92. The van der Waals surface area contributed by atoms with Crippen molar-refractivity contribution in [2.24, 2.45) is 12.5 Å². The molecule has 0 N–H and O–H groups in total. The zero-order valence-electron chi connectivity index (χ0n) is 27.4.